The van der Waals surface area contributed by atoms with Gasteiger partial charge in [0.2, 0.25) is 0 Å². The number of hydrogen-bond donors (Lipinski definition) is 1. The Morgan fingerprint density at radius 2 is 1.88 bits per heavy atom. The first-order valence-electron chi connectivity index (χ1n) is 6.64. The number of rotatable bonds is 4. The van der Waals surface area contributed by atoms with Gasteiger partial charge >= 0.3 is 0 Å². The zero-order valence-corrected chi connectivity index (χ0v) is 10.5. The largest absolute Gasteiger partial charge is 0.396 e. The van der Waals surface area contributed by atoms with Crippen molar-refractivity contribution in [3.63, 3.8) is 0 Å². The highest BCUT2D eigenvalue weighted by Crippen LogP contribution is 2.38. The molecule has 0 spiro atoms. The Hall–Kier alpha value is -0.120. The second-order valence-electron chi connectivity index (χ2n) is 5.58. The SMILES string of the molecule is COC1CCN(CC2(CO)CCCC2)CC1. The van der Waals surface area contributed by atoms with Crippen molar-refractivity contribution in [1.82, 2.24) is 4.90 Å². The predicted octanol–water partition coefficient (Wildman–Crippen LogP) is 1.65. The fourth-order valence-electron chi connectivity index (χ4n) is 3.27. The van der Waals surface area contributed by atoms with Crippen LogP contribution >= 0.6 is 0 Å². The van der Waals surface area contributed by atoms with Gasteiger partial charge in [0.05, 0.1) is 6.10 Å². The summed E-state index contributed by atoms with van der Waals surface area (Å²) in [5, 5.41) is 9.59. The van der Waals surface area contributed by atoms with Crippen LogP contribution in [0.4, 0.5) is 0 Å². The van der Waals surface area contributed by atoms with Gasteiger partial charge in [-0.15, -0.1) is 0 Å². The van der Waals surface area contributed by atoms with E-state index in [1.807, 2.05) is 7.11 Å². The lowest BCUT2D eigenvalue weighted by atomic mass is 9.86. The highest BCUT2D eigenvalue weighted by Gasteiger charge is 2.35. The van der Waals surface area contributed by atoms with E-state index in [4.69, 9.17) is 4.74 Å². The summed E-state index contributed by atoms with van der Waals surface area (Å²) in [6.07, 6.45) is 7.80. The number of nitrogens with zero attached hydrogens (tertiary/aromatic N) is 1. The minimum atomic E-state index is 0.222. The van der Waals surface area contributed by atoms with Gasteiger partial charge in [0.15, 0.2) is 0 Å². The first-order valence-corrected chi connectivity index (χ1v) is 6.64. The molecule has 3 heteroatoms. The van der Waals surface area contributed by atoms with Gasteiger partial charge in [0, 0.05) is 38.8 Å². The van der Waals surface area contributed by atoms with Gasteiger partial charge in [0.1, 0.15) is 0 Å². The molecule has 0 radical (unpaired) electrons. The Morgan fingerprint density at radius 1 is 1.25 bits per heavy atom. The van der Waals surface area contributed by atoms with Crippen LogP contribution in [0.25, 0.3) is 0 Å². The Bertz CT molecular complexity index is 206. The van der Waals surface area contributed by atoms with Gasteiger partial charge in [-0.2, -0.15) is 0 Å². The van der Waals surface area contributed by atoms with E-state index in [9.17, 15) is 5.11 Å². The summed E-state index contributed by atoms with van der Waals surface area (Å²) in [5.41, 5.74) is 0.222. The highest BCUT2D eigenvalue weighted by atomic mass is 16.5. The van der Waals surface area contributed by atoms with Crippen LogP contribution in [0.3, 0.4) is 0 Å². The number of methoxy groups -OCH3 is 1. The molecule has 0 aromatic heterocycles. The number of likely N-dealkylation sites (tertiary alicyclic amines) is 1. The average Bonchev–Trinajstić information content (AvgIpc) is 2.79. The molecule has 94 valence electrons. The maximum atomic E-state index is 9.59. The lowest BCUT2D eigenvalue weighted by Crippen LogP contribution is -2.44. The molecule has 0 atom stereocenters. The fourth-order valence-corrected chi connectivity index (χ4v) is 3.27. The Kier molecular flexibility index (Phi) is 4.22. The van der Waals surface area contributed by atoms with Crippen LogP contribution in [0.2, 0.25) is 0 Å². The Morgan fingerprint density at radius 3 is 2.38 bits per heavy atom. The van der Waals surface area contributed by atoms with Crippen LogP contribution in [-0.4, -0.2) is 49.5 Å². The molecule has 2 aliphatic rings. The first-order chi connectivity index (χ1) is 7.78. The third-order valence-corrected chi connectivity index (χ3v) is 4.43. The van der Waals surface area contributed by atoms with Crippen molar-refractivity contribution in [1.29, 1.82) is 0 Å². The van der Waals surface area contributed by atoms with Crippen molar-refractivity contribution in [2.24, 2.45) is 5.41 Å². The standard InChI is InChI=1S/C13H25NO2/c1-16-12-4-8-14(9-5-12)10-13(11-15)6-2-3-7-13/h12,15H,2-11H2,1H3. The quantitative estimate of drug-likeness (QED) is 0.792. The van der Waals surface area contributed by atoms with Gasteiger partial charge in [-0.25, -0.2) is 0 Å². The Balaban J connectivity index is 1.81. The van der Waals surface area contributed by atoms with E-state index in [2.05, 4.69) is 4.90 Å². The summed E-state index contributed by atoms with van der Waals surface area (Å²) in [5.74, 6) is 0. The summed E-state index contributed by atoms with van der Waals surface area (Å²) in [6.45, 7) is 3.75. The molecule has 0 unspecified atom stereocenters. The molecule has 0 aromatic rings. The average molecular weight is 227 g/mol. The summed E-state index contributed by atoms with van der Waals surface area (Å²) in [4.78, 5) is 2.52. The van der Waals surface area contributed by atoms with Crippen LogP contribution in [0.1, 0.15) is 38.5 Å². The normalized spacial score (nSPS) is 27.4. The van der Waals surface area contributed by atoms with Crippen LogP contribution in [0, 0.1) is 5.41 Å². The smallest absolute Gasteiger partial charge is 0.0595 e. The highest BCUT2D eigenvalue weighted by molar-refractivity contribution is 4.88. The zero-order valence-electron chi connectivity index (χ0n) is 10.5. The van der Waals surface area contributed by atoms with Crippen LogP contribution in [0.5, 0.6) is 0 Å². The van der Waals surface area contributed by atoms with Crippen molar-refractivity contribution < 1.29 is 9.84 Å². The second kappa shape index (κ2) is 5.48. The molecule has 3 nitrogen and oxygen atoms in total. The van der Waals surface area contributed by atoms with Crippen molar-refractivity contribution in [3.8, 4) is 0 Å². The van der Waals surface area contributed by atoms with E-state index in [0.717, 1.165) is 32.5 Å². The van der Waals surface area contributed by atoms with E-state index in [0.29, 0.717) is 12.7 Å². The summed E-state index contributed by atoms with van der Waals surface area (Å²) >= 11 is 0. The molecule has 1 N–H and O–H groups in total. The van der Waals surface area contributed by atoms with Crippen molar-refractivity contribution in [2.45, 2.75) is 44.6 Å². The van der Waals surface area contributed by atoms with Crippen LogP contribution in [-0.2, 0) is 4.74 Å². The molecular formula is C13H25NO2. The van der Waals surface area contributed by atoms with Crippen LogP contribution < -0.4 is 0 Å². The number of ether oxygens (including phenoxy) is 1. The van der Waals surface area contributed by atoms with Crippen LogP contribution in [0.15, 0.2) is 0 Å². The summed E-state index contributed by atoms with van der Waals surface area (Å²) < 4.78 is 5.38. The predicted molar refractivity (Wildman–Crippen MR) is 64.5 cm³/mol. The van der Waals surface area contributed by atoms with E-state index < -0.39 is 0 Å². The number of piperidine rings is 1. The van der Waals surface area contributed by atoms with E-state index in [1.165, 1.54) is 25.7 Å². The van der Waals surface area contributed by atoms with Gasteiger partial charge in [-0.05, 0) is 25.7 Å². The van der Waals surface area contributed by atoms with E-state index >= 15 is 0 Å². The minimum absolute atomic E-state index is 0.222. The molecule has 2 fully saturated rings. The van der Waals surface area contributed by atoms with Crippen molar-refractivity contribution in [3.05, 3.63) is 0 Å². The molecule has 1 aliphatic carbocycles. The molecule has 1 saturated heterocycles. The third-order valence-electron chi connectivity index (χ3n) is 4.43. The number of aliphatic hydroxyl groups excluding tert-OH is 1. The lowest BCUT2D eigenvalue weighted by Gasteiger charge is -2.37. The number of hydrogen-bond acceptors (Lipinski definition) is 3. The molecule has 0 bridgehead atoms. The third kappa shape index (κ3) is 2.76. The topological polar surface area (TPSA) is 32.7 Å². The minimum Gasteiger partial charge on any atom is -0.396 e. The van der Waals surface area contributed by atoms with Gasteiger partial charge in [-0.3, -0.25) is 0 Å². The fraction of sp³-hybridized carbons (Fsp3) is 1.00. The maximum Gasteiger partial charge on any atom is 0.0595 e. The molecule has 1 aliphatic heterocycles. The van der Waals surface area contributed by atoms with Gasteiger partial charge in [-0.1, -0.05) is 12.8 Å². The lowest BCUT2D eigenvalue weighted by molar-refractivity contribution is 0.0148. The van der Waals surface area contributed by atoms with Gasteiger partial charge in [0.25, 0.3) is 0 Å². The number of aliphatic hydroxyl groups is 1. The van der Waals surface area contributed by atoms with E-state index in [-0.39, 0.29) is 5.41 Å². The molecule has 0 amide bonds. The van der Waals surface area contributed by atoms with Crippen molar-refractivity contribution in [2.75, 3.05) is 33.4 Å². The molecule has 1 saturated carbocycles. The molecule has 16 heavy (non-hydrogen) atoms. The molecule has 2 rings (SSSR count). The molecular weight excluding hydrogens is 202 g/mol. The van der Waals surface area contributed by atoms with Gasteiger partial charge < -0.3 is 14.7 Å². The first kappa shape index (κ1) is 12.3. The Labute approximate surface area is 98.8 Å². The second-order valence-corrected chi connectivity index (χ2v) is 5.58. The molecule has 1 heterocycles. The monoisotopic (exact) mass is 227 g/mol. The zero-order chi connectivity index (χ0) is 11.4. The maximum absolute atomic E-state index is 9.59. The van der Waals surface area contributed by atoms with Crippen molar-refractivity contribution >= 4 is 0 Å². The van der Waals surface area contributed by atoms with E-state index in [1.54, 1.807) is 0 Å². The molecule has 0 aromatic carbocycles. The summed E-state index contributed by atoms with van der Waals surface area (Å²) in [7, 11) is 1.81. The summed E-state index contributed by atoms with van der Waals surface area (Å²) in [6, 6.07) is 0.